The topological polar surface area (TPSA) is 97.4 Å². The molecule has 25 heavy (non-hydrogen) atoms. The van der Waals surface area contributed by atoms with Crippen LogP contribution in [0.4, 0.5) is 0 Å². The molecule has 1 fully saturated rings. The maximum Gasteiger partial charge on any atom is 0.273 e. The molecule has 0 spiro atoms. The van der Waals surface area contributed by atoms with Crippen LogP contribution in [-0.4, -0.2) is 36.3 Å². The second kappa shape index (κ2) is 7.81. The van der Waals surface area contributed by atoms with Gasteiger partial charge in [0.25, 0.3) is 5.91 Å². The van der Waals surface area contributed by atoms with Crippen molar-refractivity contribution < 1.29 is 18.7 Å². The molecule has 2 atom stereocenters. The maximum atomic E-state index is 12.5. The minimum atomic E-state index is -0.317. The summed E-state index contributed by atoms with van der Waals surface area (Å²) in [5, 5.41) is 11.8. The summed E-state index contributed by atoms with van der Waals surface area (Å²) in [5.74, 6) is 0.921. The number of benzene rings is 1. The second-order valence-electron chi connectivity index (χ2n) is 5.71. The van der Waals surface area contributed by atoms with Crippen molar-refractivity contribution in [2.24, 2.45) is 0 Å². The molecule has 0 unspecified atom stereocenters. The van der Waals surface area contributed by atoms with Crippen LogP contribution in [-0.2, 0) is 11.2 Å². The maximum absolute atomic E-state index is 12.5. The normalized spacial score (nSPS) is 19.8. The van der Waals surface area contributed by atoms with Crippen molar-refractivity contribution in [3.8, 4) is 11.8 Å². The molecule has 1 aliphatic heterocycles. The SMILES string of the molecule is CCc1ocnc1C(=O)N[C@@H]1CCOC[C@H]1Oc1ccc(C#N)cc1. The third-order valence-corrected chi connectivity index (χ3v) is 4.07. The number of ether oxygens (including phenoxy) is 2. The molecule has 0 bridgehead atoms. The predicted molar refractivity (Wildman–Crippen MR) is 88.1 cm³/mol. The number of nitrogens with one attached hydrogen (secondary N) is 1. The largest absolute Gasteiger partial charge is 0.486 e. The van der Waals surface area contributed by atoms with Crippen LogP contribution in [0, 0.1) is 11.3 Å². The van der Waals surface area contributed by atoms with Crippen molar-refractivity contribution in [3.63, 3.8) is 0 Å². The molecule has 1 aliphatic rings. The number of rotatable bonds is 5. The molecule has 1 aromatic carbocycles. The van der Waals surface area contributed by atoms with Gasteiger partial charge in [0.1, 0.15) is 17.6 Å². The van der Waals surface area contributed by atoms with Crippen LogP contribution in [0.2, 0.25) is 0 Å². The number of aryl methyl sites for hydroxylation is 1. The van der Waals surface area contributed by atoms with E-state index in [0.29, 0.717) is 48.8 Å². The average molecular weight is 341 g/mol. The van der Waals surface area contributed by atoms with Gasteiger partial charge in [0.2, 0.25) is 0 Å². The van der Waals surface area contributed by atoms with Gasteiger partial charge in [0.05, 0.1) is 24.3 Å². The summed E-state index contributed by atoms with van der Waals surface area (Å²) in [4.78, 5) is 16.5. The fraction of sp³-hybridized carbons (Fsp3) is 0.389. The molecule has 0 aliphatic carbocycles. The third-order valence-electron chi connectivity index (χ3n) is 4.07. The Morgan fingerprint density at radius 1 is 1.44 bits per heavy atom. The van der Waals surface area contributed by atoms with Crippen LogP contribution < -0.4 is 10.1 Å². The fourth-order valence-corrected chi connectivity index (χ4v) is 2.72. The Hall–Kier alpha value is -2.85. The fourth-order valence-electron chi connectivity index (χ4n) is 2.72. The summed E-state index contributed by atoms with van der Waals surface area (Å²) < 4.78 is 16.6. The van der Waals surface area contributed by atoms with Gasteiger partial charge in [0.15, 0.2) is 12.1 Å². The van der Waals surface area contributed by atoms with Gasteiger partial charge in [-0.15, -0.1) is 0 Å². The molecule has 3 rings (SSSR count). The van der Waals surface area contributed by atoms with Crippen molar-refractivity contribution >= 4 is 5.91 Å². The third kappa shape index (κ3) is 3.98. The van der Waals surface area contributed by atoms with Crippen LogP contribution in [0.3, 0.4) is 0 Å². The van der Waals surface area contributed by atoms with Gasteiger partial charge in [-0.25, -0.2) is 4.98 Å². The number of hydrogen-bond donors (Lipinski definition) is 1. The lowest BCUT2D eigenvalue weighted by molar-refractivity contribution is -0.0135. The Bertz CT molecular complexity index is 763. The van der Waals surface area contributed by atoms with Gasteiger partial charge < -0.3 is 19.2 Å². The molecule has 1 N–H and O–H groups in total. The van der Waals surface area contributed by atoms with Crippen LogP contribution in [0.15, 0.2) is 35.1 Å². The van der Waals surface area contributed by atoms with E-state index < -0.39 is 0 Å². The Morgan fingerprint density at radius 2 is 2.24 bits per heavy atom. The van der Waals surface area contributed by atoms with Gasteiger partial charge >= 0.3 is 0 Å². The minimum absolute atomic E-state index is 0.196. The van der Waals surface area contributed by atoms with Crippen molar-refractivity contribution in [1.82, 2.24) is 10.3 Å². The first-order valence-corrected chi connectivity index (χ1v) is 8.19. The van der Waals surface area contributed by atoms with Crippen LogP contribution in [0.25, 0.3) is 0 Å². The zero-order chi connectivity index (χ0) is 17.6. The summed E-state index contributed by atoms with van der Waals surface area (Å²) >= 11 is 0. The van der Waals surface area contributed by atoms with Gasteiger partial charge in [-0.2, -0.15) is 5.26 Å². The minimum Gasteiger partial charge on any atom is -0.486 e. The Kier molecular flexibility index (Phi) is 5.31. The Morgan fingerprint density at radius 3 is 2.96 bits per heavy atom. The van der Waals surface area contributed by atoms with E-state index in [2.05, 4.69) is 16.4 Å². The van der Waals surface area contributed by atoms with Crippen molar-refractivity contribution in [2.45, 2.75) is 31.9 Å². The summed E-state index contributed by atoms with van der Waals surface area (Å²) in [6.45, 7) is 2.84. The van der Waals surface area contributed by atoms with E-state index in [0.717, 1.165) is 0 Å². The highest BCUT2D eigenvalue weighted by molar-refractivity contribution is 5.93. The molecule has 1 amide bonds. The molecule has 2 aromatic rings. The Balaban J connectivity index is 1.68. The molecule has 2 heterocycles. The molecule has 1 aromatic heterocycles. The van der Waals surface area contributed by atoms with Crippen molar-refractivity contribution in [2.75, 3.05) is 13.2 Å². The molecule has 130 valence electrons. The van der Waals surface area contributed by atoms with Crippen LogP contribution in [0.5, 0.6) is 5.75 Å². The number of carbonyl (C=O) groups is 1. The first kappa shape index (κ1) is 17.0. The van der Waals surface area contributed by atoms with E-state index >= 15 is 0 Å². The predicted octanol–water partition coefficient (Wildman–Crippen LogP) is 2.07. The quantitative estimate of drug-likeness (QED) is 0.894. The lowest BCUT2D eigenvalue weighted by Crippen LogP contribution is -2.51. The zero-order valence-corrected chi connectivity index (χ0v) is 13.9. The monoisotopic (exact) mass is 341 g/mol. The second-order valence-corrected chi connectivity index (χ2v) is 5.71. The number of amides is 1. The highest BCUT2D eigenvalue weighted by Gasteiger charge is 2.30. The van der Waals surface area contributed by atoms with Crippen LogP contribution >= 0.6 is 0 Å². The van der Waals surface area contributed by atoms with Crippen molar-refractivity contribution in [3.05, 3.63) is 47.7 Å². The van der Waals surface area contributed by atoms with E-state index in [1.54, 1.807) is 24.3 Å². The summed E-state index contributed by atoms with van der Waals surface area (Å²) in [6, 6.07) is 8.72. The first-order chi connectivity index (χ1) is 12.2. The van der Waals surface area contributed by atoms with Gasteiger partial charge in [-0.1, -0.05) is 6.92 Å². The number of carbonyl (C=O) groups excluding carboxylic acids is 1. The van der Waals surface area contributed by atoms with E-state index in [1.165, 1.54) is 6.39 Å². The van der Waals surface area contributed by atoms with E-state index in [-0.39, 0.29) is 18.1 Å². The van der Waals surface area contributed by atoms with Gasteiger partial charge in [0, 0.05) is 13.0 Å². The van der Waals surface area contributed by atoms with Crippen LogP contribution in [0.1, 0.15) is 35.2 Å². The molecule has 1 saturated heterocycles. The van der Waals surface area contributed by atoms with Gasteiger partial charge in [-0.05, 0) is 30.7 Å². The van der Waals surface area contributed by atoms with E-state index in [1.807, 2.05) is 6.92 Å². The Labute approximate surface area is 145 Å². The molecule has 7 nitrogen and oxygen atoms in total. The zero-order valence-electron chi connectivity index (χ0n) is 13.9. The highest BCUT2D eigenvalue weighted by atomic mass is 16.5. The molecule has 7 heteroatoms. The molecular formula is C18H19N3O4. The highest BCUT2D eigenvalue weighted by Crippen LogP contribution is 2.19. The molecule has 0 saturated carbocycles. The van der Waals surface area contributed by atoms with Gasteiger partial charge in [-0.3, -0.25) is 4.79 Å². The number of aromatic nitrogens is 1. The number of hydrogen-bond acceptors (Lipinski definition) is 6. The average Bonchev–Trinajstić information content (AvgIpc) is 3.13. The standard InChI is InChI=1S/C18H19N3O4/c1-2-15-17(20-11-24-15)18(22)21-14-7-8-23-10-16(14)25-13-5-3-12(9-19)4-6-13/h3-6,11,14,16H,2,7-8,10H2,1H3,(H,21,22)/t14-,16-/m1/s1. The van der Waals surface area contributed by atoms with E-state index in [4.69, 9.17) is 19.2 Å². The number of oxazole rings is 1. The van der Waals surface area contributed by atoms with Crippen molar-refractivity contribution in [1.29, 1.82) is 5.26 Å². The van der Waals surface area contributed by atoms with E-state index in [9.17, 15) is 4.79 Å². The molecule has 0 radical (unpaired) electrons. The first-order valence-electron chi connectivity index (χ1n) is 8.19. The summed E-state index contributed by atoms with van der Waals surface area (Å²) in [7, 11) is 0. The molecular weight excluding hydrogens is 322 g/mol. The number of nitrogens with zero attached hydrogens (tertiary/aromatic N) is 2. The lowest BCUT2D eigenvalue weighted by atomic mass is 10.1. The number of nitriles is 1. The summed E-state index contributed by atoms with van der Waals surface area (Å²) in [6.07, 6.45) is 2.21. The lowest BCUT2D eigenvalue weighted by Gasteiger charge is -2.32. The summed E-state index contributed by atoms with van der Waals surface area (Å²) in [5.41, 5.74) is 0.876. The smallest absolute Gasteiger partial charge is 0.273 e.